The van der Waals surface area contributed by atoms with E-state index >= 15 is 0 Å². The lowest BCUT2D eigenvalue weighted by Crippen LogP contribution is -2.12. The molecule has 1 amide bonds. The molecule has 0 aliphatic heterocycles. The Balaban J connectivity index is 1.56. The first-order valence-corrected chi connectivity index (χ1v) is 11.1. The molecule has 4 rings (SSSR count). The molecule has 0 atom stereocenters. The van der Waals surface area contributed by atoms with Crippen LogP contribution in [0.4, 0.5) is 5.69 Å². The van der Waals surface area contributed by atoms with Crippen molar-refractivity contribution in [2.24, 2.45) is 0 Å². The third-order valence-corrected chi connectivity index (χ3v) is 5.46. The van der Waals surface area contributed by atoms with Gasteiger partial charge < -0.3 is 14.5 Å². The maximum absolute atomic E-state index is 12.7. The van der Waals surface area contributed by atoms with E-state index in [4.69, 9.17) is 20.8 Å². The number of amides is 1. The van der Waals surface area contributed by atoms with Gasteiger partial charge in [-0.05, 0) is 72.5 Å². The van der Waals surface area contributed by atoms with Gasteiger partial charge in [0.1, 0.15) is 11.3 Å². The monoisotopic (exact) mass is 448 g/mol. The molecule has 164 valence electrons. The predicted octanol–water partition coefficient (Wildman–Crippen LogP) is 7.31. The zero-order valence-corrected chi connectivity index (χ0v) is 19.1. The second-order valence-corrected chi connectivity index (χ2v) is 8.33. The number of ether oxygens (including phenoxy) is 1. The minimum absolute atomic E-state index is 0.259. The molecule has 0 bridgehead atoms. The van der Waals surface area contributed by atoms with Crippen LogP contribution in [0, 0.1) is 0 Å². The summed E-state index contributed by atoms with van der Waals surface area (Å²) in [4.78, 5) is 17.4. The fourth-order valence-electron chi connectivity index (χ4n) is 3.30. The smallest absolute Gasteiger partial charge is 0.255 e. The van der Waals surface area contributed by atoms with Crippen LogP contribution in [0.15, 0.2) is 65.1 Å². The molecular formula is C26H25ClN2O3. The molecule has 0 unspecified atom stereocenters. The van der Waals surface area contributed by atoms with E-state index in [0.717, 1.165) is 28.8 Å². The summed E-state index contributed by atoms with van der Waals surface area (Å²) >= 11 is 6.35. The zero-order chi connectivity index (χ0) is 22.7. The van der Waals surface area contributed by atoms with Crippen LogP contribution in [0.2, 0.25) is 5.02 Å². The molecule has 0 saturated carbocycles. The number of aromatic nitrogens is 1. The largest absolute Gasteiger partial charge is 0.494 e. The highest BCUT2D eigenvalue weighted by Crippen LogP contribution is 2.31. The van der Waals surface area contributed by atoms with E-state index in [-0.39, 0.29) is 5.91 Å². The van der Waals surface area contributed by atoms with Crippen molar-refractivity contribution in [3.05, 3.63) is 76.8 Å². The van der Waals surface area contributed by atoms with Crippen LogP contribution in [0.3, 0.4) is 0 Å². The molecular weight excluding hydrogens is 424 g/mol. The molecule has 3 aromatic carbocycles. The Bertz CT molecular complexity index is 1250. The molecule has 4 aromatic rings. The van der Waals surface area contributed by atoms with Gasteiger partial charge in [-0.3, -0.25) is 4.79 Å². The highest BCUT2D eigenvalue weighted by molar-refractivity contribution is 6.34. The first-order valence-electron chi connectivity index (χ1n) is 10.7. The van der Waals surface area contributed by atoms with Gasteiger partial charge in [0.05, 0.1) is 17.3 Å². The minimum atomic E-state index is -0.259. The number of benzene rings is 3. The first-order chi connectivity index (χ1) is 15.4. The average Bonchev–Trinajstić information content (AvgIpc) is 3.22. The van der Waals surface area contributed by atoms with Crippen molar-refractivity contribution in [3.63, 3.8) is 0 Å². The summed E-state index contributed by atoms with van der Waals surface area (Å²) in [6, 6.07) is 18.4. The summed E-state index contributed by atoms with van der Waals surface area (Å²) in [6.45, 7) is 6.97. The second kappa shape index (κ2) is 9.45. The Morgan fingerprint density at radius 2 is 1.88 bits per heavy atom. The SMILES string of the molecule is CCCOc1ccc(C(=O)Nc2cc(-c3nc4cc(C(C)C)ccc4o3)ccc2Cl)cc1. The van der Waals surface area contributed by atoms with Gasteiger partial charge in [-0.25, -0.2) is 4.98 Å². The maximum Gasteiger partial charge on any atom is 0.255 e. The summed E-state index contributed by atoms with van der Waals surface area (Å²) < 4.78 is 11.5. The molecule has 32 heavy (non-hydrogen) atoms. The summed E-state index contributed by atoms with van der Waals surface area (Å²) in [5.41, 5.74) is 4.46. The number of hydrogen-bond acceptors (Lipinski definition) is 4. The van der Waals surface area contributed by atoms with Crippen molar-refractivity contribution >= 4 is 34.3 Å². The fourth-order valence-corrected chi connectivity index (χ4v) is 3.46. The van der Waals surface area contributed by atoms with Gasteiger partial charge in [-0.2, -0.15) is 0 Å². The molecule has 1 aromatic heterocycles. The fraction of sp³-hybridized carbons (Fsp3) is 0.231. The van der Waals surface area contributed by atoms with E-state index in [1.54, 1.807) is 36.4 Å². The van der Waals surface area contributed by atoms with Gasteiger partial charge in [0.15, 0.2) is 5.58 Å². The Labute approximate surface area is 192 Å². The Hall–Kier alpha value is -3.31. The Morgan fingerprint density at radius 1 is 1.09 bits per heavy atom. The van der Waals surface area contributed by atoms with Gasteiger partial charge >= 0.3 is 0 Å². The molecule has 0 spiro atoms. The molecule has 6 heteroatoms. The van der Waals surface area contributed by atoms with E-state index in [1.807, 2.05) is 31.2 Å². The standard InChI is InChI=1S/C26H25ClN2O3/c1-4-13-31-20-9-5-17(6-10-20)25(30)28-22-15-19(7-11-21(22)27)26-29-23-14-18(16(2)3)8-12-24(23)32-26/h5-12,14-16H,4,13H2,1-3H3,(H,28,30). The highest BCUT2D eigenvalue weighted by atomic mass is 35.5. The van der Waals surface area contributed by atoms with Crippen molar-refractivity contribution in [2.45, 2.75) is 33.1 Å². The number of oxazole rings is 1. The third-order valence-electron chi connectivity index (χ3n) is 5.13. The van der Waals surface area contributed by atoms with Crippen molar-refractivity contribution in [2.75, 3.05) is 11.9 Å². The number of nitrogens with one attached hydrogen (secondary N) is 1. The minimum Gasteiger partial charge on any atom is -0.494 e. The summed E-state index contributed by atoms with van der Waals surface area (Å²) in [5.74, 6) is 1.36. The molecule has 0 fully saturated rings. The number of anilines is 1. The van der Waals surface area contributed by atoms with Crippen molar-refractivity contribution in [1.82, 2.24) is 4.98 Å². The molecule has 1 heterocycles. The zero-order valence-electron chi connectivity index (χ0n) is 18.3. The molecule has 5 nitrogen and oxygen atoms in total. The van der Waals surface area contributed by atoms with Gasteiger partial charge in [0, 0.05) is 11.1 Å². The highest BCUT2D eigenvalue weighted by Gasteiger charge is 2.14. The van der Waals surface area contributed by atoms with Crippen molar-refractivity contribution in [3.8, 4) is 17.2 Å². The van der Waals surface area contributed by atoms with E-state index in [0.29, 0.717) is 34.7 Å². The number of fused-ring (bicyclic) bond motifs is 1. The summed E-state index contributed by atoms with van der Waals surface area (Å²) in [5, 5.41) is 3.31. The van der Waals surface area contributed by atoms with Crippen LogP contribution in [0.25, 0.3) is 22.6 Å². The van der Waals surface area contributed by atoms with Gasteiger partial charge in [0.25, 0.3) is 5.91 Å². The van der Waals surface area contributed by atoms with Crippen molar-refractivity contribution in [1.29, 1.82) is 0 Å². The summed E-state index contributed by atoms with van der Waals surface area (Å²) in [6.07, 6.45) is 0.927. The lowest BCUT2D eigenvalue weighted by atomic mass is 10.0. The molecule has 0 radical (unpaired) electrons. The first kappa shape index (κ1) is 21.9. The third kappa shape index (κ3) is 4.78. The number of carbonyl (C=O) groups excluding carboxylic acids is 1. The van der Waals surface area contributed by atoms with Crippen molar-refractivity contribution < 1.29 is 13.9 Å². The number of halogens is 1. The molecule has 0 aliphatic carbocycles. The van der Waals surface area contributed by atoms with E-state index in [1.165, 1.54) is 5.56 Å². The topological polar surface area (TPSA) is 64.4 Å². The quantitative estimate of drug-likeness (QED) is 0.322. The van der Waals surface area contributed by atoms with Crippen LogP contribution >= 0.6 is 11.6 Å². The second-order valence-electron chi connectivity index (χ2n) is 7.92. The maximum atomic E-state index is 12.7. The average molecular weight is 449 g/mol. The van der Waals surface area contributed by atoms with E-state index < -0.39 is 0 Å². The van der Waals surface area contributed by atoms with Crippen LogP contribution < -0.4 is 10.1 Å². The number of hydrogen-bond donors (Lipinski definition) is 1. The van der Waals surface area contributed by atoms with Crippen LogP contribution in [0.1, 0.15) is 49.0 Å². The molecule has 0 saturated heterocycles. The molecule has 1 N–H and O–H groups in total. The van der Waals surface area contributed by atoms with Crippen LogP contribution in [0.5, 0.6) is 5.75 Å². The Kier molecular flexibility index (Phi) is 6.47. The van der Waals surface area contributed by atoms with Gasteiger partial charge in [0.2, 0.25) is 5.89 Å². The number of rotatable bonds is 7. The Morgan fingerprint density at radius 3 is 2.59 bits per heavy atom. The number of carbonyl (C=O) groups is 1. The van der Waals surface area contributed by atoms with Crippen LogP contribution in [-0.2, 0) is 0 Å². The lowest BCUT2D eigenvalue weighted by Gasteiger charge is -2.09. The lowest BCUT2D eigenvalue weighted by molar-refractivity contribution is 0.102. The van der Waals surface area contributed by atoms with Gasteiger partial charge in [-0.1, -0.05) is 38.4 Å². The number of nitrogens with zero attached hydrogens (tertiary/aromatic N) is 1. The summed E-state index contributed by atoms with van der Waals surface area (Å²) in [7, 11) is 0. The van der Waals surface area contributed by atoms with Crippen LogP contribution in [-0.4, -0.2) is 17.5 Å². The predicted molar refractivity (Wildman–Crippen MR) is 129 cm³/mol. The normalized spacial score (nSPS) is 11.2. The van der Waals surface area contributed by atoms with E-state index in [9.17, 15) is 4.79 Å². The van der Waals surface area contributed by atoms with Gasteiger partial charge in [-0.15, -0.1) is 0 Å². The molecule has 0 aliphatic rings. The van der Waals surface area contributed by atoms with E-state index in [2.05, 4.69) is 24.1 Å².